The second-order valence-corrected chi connectivity index (χ2v) is 5.54. The maximum Gasteiger partial charge on any atom is 0.147 e. The van der Waals surface area contributed by atoms with Gasteiger partial charge in [0.2, 0.25) is 0 Å². The average molecular weight is 266 g/mol. The molecule has 2 atom stereocenters. The Balaban J connectivity index is 2.08. The summed E-state index contributed by atoms with van der Waals surface area (Å²) in [7, 11) is 0. The van der Waals surface area contributed by atoms with Gasteiger partial charge in [-0.1, -0.05) is 18.2 Å². The van der Waals surface area contributed by atoms with Gasteiger partial charge in [-0.25, -0.2) is 4.98 Å². The minimum Gasteiger partial charge on any atom is -0.352 e. The summed E-state index contributed by atoms with van der Waals surface area (Å²) < 4.78 is 0. The molecule has 1 aliphatic rings. The lowest BCUT2D eigenvalue weighted by molar-refractivity contribution is 0.405. The minimum absolute atomic E-state index is 0.401. The molecule has 1 N–H and O–H groups in total. The lowest BCUT2D eigenvalue weighted by Crippen LogP contribution is -2.54. The van der Waals surface area contributed by atoms with Crippen molar-refractivity contribution >= 4 is 16.7 Å². The molecule has 0 amide bonds. The number of fused-ring (bicyclic) bond motifs is 1. The molecule has 20 heavy (non-hydrogen) atoms. The van der Waals surface area contributed by atoms with Crippen LogP contribution in [0.4, 0.5) is 5.82 Å². The monoisotopic (exact) mass is 266 g/mol. The van der Waals surface area contributed by atoms with Crippen LogP contribution >= 0.6 is 0 Å². The molecule has 1 fully saturated rings. The lowest BCUT2D eigenvalue weighted by Gasteiger charge is -2.37. The quantitative estimate of drug-likeness (QED) is 0.860. The first-order valence-electron chi connectivity index (χ1n) is 6.98. The van der Waals surface area contributed by atoms with Crippen molar-refractivity contribution in [2.75, 3.05) is 18.0 Å². The zero-order valence-corrected chi connectivity index (χ0v) is 11.8. The first-order chi connectivity index (χ1) is 9.67. The molecular formula is C16H18N4. The van der Waals surface area contributed by atoms with Gasteiger partial charge >= 0.3 is 0 Å². The van der Waals surface area contributed by atoms with Crippen molar-refractivity contribution in [3.63, 3.8) is 0 Å². The topological polar surface area (TPSA) is 52.0 Å². The first kappa shape index (κ1) is 12.9. The Morgan fingerprint density at radius 2 is 1.95 bits per heavy atom. The lowest BCUT2D eigenvalue weighted by atomic mass is 10.1. The Morgan fingerprint density at radius 3 is 2.65 bits per heavy atom. The third kappa shape index (κ3) is 2.33. The molecule has 1 aliphatic heterocycles. The standard InChI is InChI=1S/C16H18N4/c1-11-9-20(10-12(2)18-11)16-14(8-17)7-13-5-3-4-6-15(13)19-16/h3-7,11-12,18H,9-10H2,1-2H3. The maximum atomic E-state index is 9.41. The molecule has 102 valence electrons. The molecule has 0 spiro atoms. The van der Waals surface area contributed by atoms with Gasteiger partial charge in [0.15, 0.2) is 0 Å². The van der Waals surface area contributed by atoms with E-state index in [0.717, 1.165) is 29.8 Å². The van der Waals surface area contributed by atoms with E-state index in [0.29, 0.717) is 17.6 Å². The Kier molecular flexibility index (Phi) is 3.29. The number of benzene rings is 1. The van der Waals surface area contributed by atoms with Crippen LogP contribution in [-0.2, 0) is 0 Å². The molecule has 0 aliphatic carbocycles. The zero-order valence-electron chi connectivity index (χ0n) is 11.8. The number of para-hydroxylation sites is 1. The van der Waals surface area contributed by atoms with Gasteiger partial charge in [-0.3, -0.25) is 0 Å². The number of hydrogen-bond donors (Lipinski definition) is 1. The molecule has 0 radical (unpaired) electrons. The van der Waals surface area contributed by atoms with Crippen molar-refractivity contribution in [2.24, 2.45) is 0 Å². The zero-order chi connectivity index (χ0) is 14.1. The van der Waals surface area contributed by atoms with Crippen molar-refractivity contribution in [3.05, 3.63) is 35.9 Å². The van der Waals surface area contributed by atoms with Gasteiger partial charge in [0.25, 0.3) is 0 Å². The number of nitrogens with one attached hydrogen (secondary N) is 1. The van der Waals surface area contributed by atoms with E-state index in [1.807, 2.05) is 30.3 Å². The van der Waals surface area contributed by atoms with Crippen molar-refractivity contribution in [1.29, 1.82) is 5.26 Å². The predicted molar refractivity (Wildman–Crippen MR) is 80.7 cm³/mol. The highest BCUT2D eigenvalue weighted by atomic mass is 15.3. The van der Waals surface area contributed by atoms with Gasteiger partial charge in [0.05, 0.1) is 11.1 Å². The molecule has 2 heterocycles. The van der Waals surface area contributed by atoms with Gasteiger partial charge in [-0.15, -0.1) is 0 Å². The summed E-state index contributed by atoms with van der Waals surface area (Å²) >= 11 is 0. The van der Waals surface area contributed by atoms with Gasteiger partial charge in [0.1, 0.15) is 11.9 Å². The second-order valence-electron chi connectivity index (χ2n) is 5.54. The molecule has 4 nitrogen and oxygen atoms in total. The van der Waals surface area contributed by atoms with Gasteiger partial charge in [0, 0.05) is 30.6 Å². The predicted octanol–water partition coefficient (Wildman–Crippen LogP) is 2.29. The highest BCUT2D eigenvalue weighted by Gasteiger charge is 2.24. The average Bonchev–Trinajstić information content (AvgIpc) is 2.44. The number of aromatic nitrogens is 1. The molecule has 2 aromatic rings. The van der Waals surface area contributed by atoms with E-state index in [1.165, 1.54) is 0 Å². The molecule has 2 unspecified atom stereocenters. The number of piperazine rings is 1. The Bertz CT molecular complexity index is 664. The maximum absolute atomic E-state index is 9.41. The van der Waals surface area contributed by atoms with Crippen molar-refractivity contribution in [1.82, 2.24) is 10.3 Å². The minimum atomic E-state index is 0.401. The third-order valence-corrected chi connectivity index (χ3v) is 3.68. The molecule has 1 saturated heterocycles. The van der Waals surface area contributed by atoms with Crippen LogP contribution in [0.25, 0.3) is 10.9 Å². The van der Waals surface area contributed by atoms with Gasteiger partial charge in [-0.2, -0.15) is 5.26 Å². The number of hydrogen-bond acceptors (Lipinski definition) is 4. The number of rotatable bonds is 1. The van der Waals surface area contributed by atoms with E-state index in [9.17, 15) is 5.26 Å². The Hall–Kier alpha value is -2.12. The van der Waals surface area contributed by atoms with E-state index >= 15 is 0 Å². The highest BCUT2D eigenvalue weighted by Crippen LogP contribution is 2.24. The SMILES string of the molecule is CC1CN(c2nc3ccccc3cc2C#N)CC(C)N1. The molecule has 1 aromatic carbocycles. The normalized spacial score (nSPS) is 22.8. The number of nitrogens with zero attached hydrogens (tertiary/aromatic N) is 3. The summed E-state index contributed by atoms with van der Waals surface area (Å²) in [5.74, 6) is 0.811. The van der Waals surface area contributed by atoms with Crippen LogP contribution in [0.1, 0.15) is 19.4 Å². The number of pyridine rings is 1. The first-order valence-corrected chi connectivity index (χ1v) is 6.98. The molecule has 4 heteroatoms. The van der Waals surface area contributed by atoms with E-state index in [1.54, 1.807) is 0 Å². The summed E-state index contributed by atoms with van der Waals surface area (Å²) in [5, 5.41) is 13.9. The Morgan fingerprint density at radius 1 is 1.25 bits per heavy atom. The second kappa shape index (κ2) is 5.10. The van der Waals surface area contributed by atoms with Crippen LogP contribution in [0.2, 0.25) is 0 Å². The summed E-state index contributed by atoms with van der Waals surface area (Å²) in [4.78, 5) is 6.93. The molecule has 0 saturated carbocycles. The van der Waals surface area contributed by atoms with E-state index < -0.39 is 0 Å². The largest absolute Gasteiger partial charge is 0.352 e. The molecule has 1 aromatic heterocycles. The van der Waals surface area contributed by atoms with Gasteiger partial charge in [-0.05, 0) is 26.0 Å². The fourth-order valence-electron chi connectivity index (χ4n) is 2.93. The van der Waals surface area contributed by atoms with Gasteiger partial charge < -0.3 is 10.2 Å². The Labute approximate surface area is 119 Å². The van der Waals surface area contributed by atoms with Crippen molar-refractivity contribution in [2.45, 2.75) is 25.9 Å². The third-order valence-electron chi connectivity index (χ3n) is 3.68. The molecule has 3 rings (SSSR count). The van der Waals surface area contributed by atoms with E-state index in [4.69, 9.17) is 4.98 Å². The highest BCUT2D eigenvalue weighted by molar-refractivity contribution is 5.83. The van der Waals surface area contributed by atoms with E-state index in [-0.39, 0.29) is 0 Å². The van der Waals surface area contributed by atoms with Crippen LogP contribution in [0.3, 0.4) is 0 Å². The summed E-state index contributed by atoms with van der Waals surface area (Å²) in [6, 6.07) is 13.0. The number of nitriles is 1. The fourth-order valence-corrected chi connectivity index (χ4v) is 2.93. The summed E-state index contributed by atoms with van der Waals surface area (Å²) in [6.07, 6.45) is 0. The smallest absolute Gasteiger partial charge is 0.147 e. The van der Waals surface area contributed by atoms with E-state index in [2.05, 4.69) is 30.1 Å². The molecule has 0 bridgehead atoms. The van der Waals surface area contributed by atoms with Crippen LogP contribution < -0.4 is 10.2 Å². The summed E-state index contributed by atoms with van der Waals surface area (Å²) in [5.41, 5.74) is 1.60. The van der Waals surface area contributed by atoms with Crippen molar-refractivity contribution < 1.29 is 0 Å². The number of anilines is 1. The van der Waals surface area contributed by atoms with Crippen LogP contribution in [0.15, 0.2) is 30.3 Å². The fraction of sp³-hybridized carbons (Fsp3) is 0.375. The van der Waals surface area contributed by atoms with Crippen LogP contribution in [-0.4, -0.2) is 30.2 Å². The van der Waals surface area contributed by atoms with Crippen LogP contribution in [0.5, 0.6) is 0 Å². The summed E-state index contributed by atoms with van der Waals surface area (Å²) in [6.45, 7) is 6.08. The van der Waals surface area contributed by atoms with Crippen LogP contribution in [0, 0.1) is 11.3 Å². The molecular weight excluding hydrogens is 248 g/mol. The van der Waals surface area contributed by atoms with Crippen molar-refractivity contribution in [3.8, 4) is 6.07 Å².